The Hall–Kier alpha value is -1.14. The van der Waals surface area contributed by atoms with Crippen LogP contribution in [0.5, 0.6) is 0 Å². The molecule has 1 aliphatic rings. The zero-order chi connectivity index (χ0) is 14.0. The van der Waals surface area contributed by atoms with Crippen molar-refractivity contribution < 1.29 is 4.79 Å². The standard InChI is InChI=1S/C13H16BrN3OS/c1-17-7-9(3-5-12(17)18)16-11-6-8(14)2-4-10(11)13(15)19/h2,4,6,9,16H,3,5,7H2,1H3,(H2,15,19). The van der Waals surface area contributed by atoms with Crippen LogP contribution < -0.4 is 11.1 Å². The molecule has 1 aromatic carbocycles. The second kappa shape index (κ2) is 5.88. The lowest BCUT2D eigenvalue weighted by molar-refractivity contribution is -0.132. The molecule has 0 radical (unpaired) electrons. The Bertz CT molecular complexity index is 521. The fourth-order valence-electron chi connectivity index (χ4n) is 2.20. The second-order valence-electron chi connectivity index (χ2n) is 4.71. The van der Waals surface area contributed by atoms with E-state index in [9.17, 15) is 4.79 Å². The van der Waals surface area contributed by atoms with E-state index in [1.54, 1.807) is 4.90 Å². The molecule has 1 heterocycles. The van der Waals surface area contributed by atoms with Crippen molar-refractivity contribution in [3.63, 3.8) is 0 Å². The third-order valence-corrected chi connectivity index (χ3v) is 3.95. The van der Waals surface area contributed by atoms with E-state index in [1.807, 2.05) is 25.2 Å². The Kier molecular flexibility index (Phi) is 4.42. The Morgan fingerprint density at radius 2 is 2.32 bits per heavy atom. The number of amides is 1. The van der Waals surface area contributed by atoms with Crippen molar-refractivity contribution in [2.45, 2.75) is 18.9 Å². The van der Waals surface area contributed by atoms with Gasteiger partial charge in [0.1, 0.15) is 4.99 Å². The molecule has 19 heavy (non-hydrogen) atoms. The molecule has 6 heteroatoms. The Morgan fingerprint density at radius 3 is 2.95 bits per heavy atom. The summed E-state index contributed by atoms with van der Waals surface area (Å²) in [6.45, 7) is 0.697. The Labute approximate surface area is 126 Å². The minimum atomic E-state index is 0.196. The minimum absolute atomic E-state index is 0.196. The number of thiocarbonyl (C=S) groups is 1. The summed E-state index contributed by atoms with van der Waals surface area (Å²) in [5.41, 5.74) is 7.47. The van der Waals surface area contributed by atoms with Crippen LogP contribution in [0.15, 0.2) is 22.7 Å². The topological polar surface area (TPSA) is 58.4 Å². The molecule has 0 bridgehead atoms. The molecule has 3 N–H and O–H groups in total. The highest BCUT2D eigenvalue weighted by atomic mass is 79.9. The average molecular weight is 342 g/mol. The van der Waals surface area contributed by atoms with E-state index in [2.05, 4.69) is 21.2 Å². The molecule has 1 atom stereocenters. The maximum atomic E-state index is 11.5. The Balaban J connectivity index is 2.16. The molecule has 1 saturated heterocycles. The van der Waals surface area contributed by atoms with Crippen molar-refractivity contribution >= 4 is 44.7 Å². The molecule has 1 aliphatic heterocycles. The van der Waals surface area contributed by atoms with Gasteiger partial charge in [-0.15, -0.1) is 0 Å². The van der Waals surface area contributed by atoms with E-state index in [-0.39, 0.29) is 11.9 Å². The predicted molar refractivity (Wildman–Crippen MR) is 84.3 cm³/mol. The zero-order valence-corrected chi connectivity index (χ0v) is 13.1. The van der Waals surface area contributed by atoms with Gasteiger partial charge < -0.3 is 16.0 Å². The molecule has 102 valence electrons. The average Bonchev–Trinajstić information content (AvgIpc) is 2.33. The number of carbonyl (C=O) groups excluding carboxylic acids is 1. The fraction of sp³-hybridized carbons (Fsp3) is 0.385. The first kappa shape index (κ1) is 14.3. The SMILES string of the molecule is CN1CC(Nc2cc(Br)ccc2C(N)=S)CCC1=O. The number of benzene rings is 1. The van der Waals surface area contributed by atoms with Gasteiger partial charge in [-0.2, -0.15) is 0 Å². The summed E-state index contributed by atoms with van der Waals surface area (Å²) in [7, 11) is 1.82. The van der Waals surface area contributed by atoms with Crippen LogP contribution in [0.3, 0.4) is 0 Å². The van der Waals surface area contributed by atoms with Crippen LogP contribution in [0.2, 0.25) is 0 Å². The number of nitrogens with zero attached hydrogens (tertiary/aromatic N) is 1. The molecule has 0 aliphatic carbocycles. The quantitative estimate of drug-likeness (QED) is 0.826. The van der Waals surface area contributed by atoms with Gasteiger partial charge in [-0.3, -0.25) is 4.79 Å². The normalized spacial score (nSPS) is 19.4. The number of rotatable bonds is 3. The van der Waals surface area contributed by atoms with Gasteiger partial charge >= 0.3 is 0 Å². The van der Waals surface area contributed by atoms with Crippen molar-refractivity contribution in [1.29, 1.82) is 0 Å². The monoisotopic (exact) mass is 341 g/mol. The molecule has 1 aromatic rings. The van der Waals surface area contributed by atoms with Gasteiger partial charge in [-0.05, 0) is 24.6 Å². The van der Waals surface area contributed by atoms with Crippen LogP contribution >= 0.6 is 28.1 Å². The lowest BCUT2D eigenvalue weighted by atomic mass is 10.0. The minimum Gasteiger partial charge on any atom is -0.389 e. The molecule has 1 amide bonds. The molecule has 0 aromatic heterocycles. The number of likely N-dealkylation sites (N-methyl/N-ethyl adjacent to an activating group) is 1. The van der Waals surface area contributed by atoms with Crippen LogP contribution in [0.25, 0.3) is 0 Å². The van der Waals surface area contributed by atoms with Crippen LogP contribution in [0.4, 0.5) is 5.69 Å². The summed E-state index contributed by atoms with van der Waals surface area (Å²) >= 11 is 8.50. The van der Waals surface area contributed by atoms with Gasteiger partial charge in [0.25, 0.3) is 0 Å². The van der Waals surface area contributed by atoms with Crippen LogP contribution in [-0.4, -0.2) is 35.4 Å². The van der Waals surface area contributed by atoms with Gasteiger partial charge in [0.15, 0.2) is 0 Å². The fourth-order valence-corrected chi connectivity index (χ4v) is 2.74. The second-order valence-corrected chi connectivity index (χ2v) is 6.06. The van der Waals surface area contributed by atoms with Crippen molar-refractivity contribution in [2.75, 3.05) is 18.9 Å². The Morgan fingerprint density at radius 1 is 1.58 bits per heavy atom. The smallest absolute Gasteiger partial charge is 0.222 e. The maximum Gasteiger partial charge on any atom is 0.222 e. The third-order valence-electron chi connectivity index (χ3n) is 3.23. The summed E-state index contributed by atoms with van der Waals surface area (Å²) < 4.78 is 0.968. The van der Waals surface area contributed by atoms with E-state index < -0.39 is 0 Å². The van der Waals surface area contributed by atoms with Crippen molar-refractivity contribution in [1.82, 2.24) is 4.90 Å². The molecule has 4 nitrogen and oxygen atoms in total. The molecule has 0 spiro atoms. The van der Waals surface area contributed by atoms with Gasteiger partial charge in [0.2, 0.25) is 5.91 Å². The number of piperidine rings is 1. The highest BCUT2D eigenvalue weighted by molar-refractivity contribution is 9.10. The van der Waals surface area contributed by atoms with Gasteiger partial charge in [-0.1, -0.05) is 28.1 Å². The zero-order valence-electron chi connectivity index (χ0n) is 10.6. The number of anilines is 1. The lowest BCUT2D eigenvalue weighted by Crippen LogP contribution is -2.43. The highest BCUT2D eigenvalue weighted by Crippen LogP contribution is 2.24. The van der Waals surface area contributed by atoms with E-state index in [0.717, 1.165) is 22.1 Å². The number of nitrogens with two attached hydrogens (primary N) is 1. The summed E-state index contributed by atoms with van der Waals surface area (Å²) in [6, 6.07) is 6.00. The van der Waals surface area contributed by atoms with Gasteiger partial charge in [-0.25, -0.2) is 0 Å². The van der Waals surface area contributed by atoms with Crippen molar-refractivity contribution in [2.24, 2.45) is 5.73 Å². The van der Waals surface area contributed by atoms with Crippen LogP contribution in [-0.2, 0) is 4.79 Å². The van der Waals surface area contributed by atoms with Crippen LogP contribution in [0, 0.1) is 0 Å². The number of carbonyl (C=O) groups is 1. The number of nitrogens with one attached hydrogen (secondary N) is 1. The first-order chi connectivity index (χ1) is 8.97. The highest BCUT2D eigenvalue weighted by Gasteiger charge is 2.23. The van der Waals surface area contributed by atoms with Gasteiger partial charge in [0, 0.05) is 41.8 Å². The van der Waals surface area contributed by atoms with Crippen LogP contribution in [0.1, 0.15) is 18.4 Å². The first-order valence-electron chi connectivity index (χ1n) is 6.07. The number of halogens is 1. The first-order valence-corrected chi connectivity index (χ1v) is 7.27. The molecular formula is C13H16BrN3OS. The summed E-state index contributed by atoms with van der Waals surface area (Å²) in [5.74, 6) is 0.196. The van der Waals surface area contributed by atoms with E-state index in [4.69, 9.17) is 18.0 Å². The third kappa shape index (κ3) is 3.45. The number of likely N-dealkylation sites (tertiary alicyclic amines) is 1. The summed E-state index contributed by atoms with van der Waals surface area (Å²) in [5, 5.41) is 3.43. The molecule has 0 saturated carbocycles. The number of hydrogen-bond acceptors (Lipinski definition) is 3. The molecular weight excluding hydrogens is 326 g/mol. The summed E-state index contributed by atoms with van der Waals surface area (Å²) in [4.78, 5) is 13.6. The summed E-state index contributed by atoms with van der Waals surface area (Å²) in [6.07, 6.45) is 1.40. The van der Waals surface area contributed by atoms with E-state index in [0.29, 0.717) is 18.0 Å². The lowest BCUT2D eigenvalue weighted by Gasteiger charge is -2.31. The predicted octanol–water partition coefficient (Wildman–Crippen LogP) is 2.12. The van der Waals surface area contributed by atoms with E-state index in [1.165, 1.54) is 0 Å². The van der Waals surface area contributed by atoms with E-state index >= 15 is 0 Å². The van der Waals surface area contributed by atoms with Crippen molar-refractivity contribution in [3.05, 3.63) is 28.2 Å². The largest absolute Gasteiger partial charge is 0.389 e. The number of hydrogen-bond donors (Lipinski definition) is 2. The molecule has 1 fully saturated rings. The molecule has 2 rings (SSSR count). The maximum absolute atomic E-state index is 11.5. The van der Waals surface area contributed by atoms with Gasteiger partial charge in [0.05, 0.1) is 0 Å². The van der Waals surface area contributed by atoms with Crippen molar-refractivity contribution in [3.8, 4) is 0 Å². The molecule has 1 unspecified atom stereocenters.